The van der Waals surface area contributed by atoms with Crippen molar-refractivity contribution < 1.29 is 13.7 Å². The Balaban J connectivity index is 0.914. The van der Waals surface area contributed by atoms with Crippen molar-refractivity contribution in [2.75, 3.05) is 0 Å². The molecule has 0 aliphatic carbocycles. The molecule has 3 heterocycles. The first kappa shape index (κ1) is 35.9. The summed E-state index contributed by atoms with van der Waals surface area (Å²) >= 11 is 0. The van der Waals surface area contributed by atoms with Gasteiger partial charge in [0.05, 0.1) is 0 Å². The zero-order valence-electron chi connectivity index (χ0n) is 31.4. The van der Waals surface area contributed by atoms with Gasteiger partial charge in [-0.3, -0.25) is 0 Å². The molecule has 3 aromatic heterocycles. The topological polar surface area (TPSA) is 11.6 Å². The van der Waals surface area contributed by atoms with Crippen LogP contribution in [0.15, 0.2) is 202 Å². The van der Waals surface area contributed by atoms with E-state index in [2.05, 4.69) is 210 Å². The van der Waals surface area contributed by atoms with Crippen LogP contribution >= 0.6 is 0 Å². The van der Waals surface area contributed by atoms with Gasteiger partial charge in [0.1, 0.15) is 0 Å². The fourth-order valence-electron chi connectivity index (χ4n) is 6.79. The van der Waals surface area contributed by atoms with E-state index >= 15 is 0 Å². The van der Waals surface area contributed by atoms with Gasteiger partial charge in [0, 0.05) is 53.1 Å². The molecule has 264 valence electrons. The highest BCUT2D eigenvalue weighted by atomic mass is 14.9. The first-order valence-electron chi connectivity index (χ1n) is 18.9. The third-order valence-corrected chi connectivity index (χ3v) is 9.97. The lowest BCUT2D eigenvalue weighted by molar-refractivity contribution is -0.688. The molecule has 7 aromatic rings. The zero-order valence-corrected chi connectivity index (χ0v) is 31.4. The van der Waals surface area contributed by atoms with Crippen LogP contribution in [0.1, 0.15) is 41.7 Å². The highest BCUT2D eigenvalue weighted by Crippen LogP contribution is 2.25. The van der Waals surface area contributed by atoms with Gasteiger partial charge in [0.2, 0.25) is 0 Å². The highest BCUT2D eigenvalue weighted by molar-refractivity contribution is 5.77. The summed E-state index contributed by atoms with van der Waals surface area (Å²) in [6.45, 7) is 10.6. The Hall–Kier alpha value is -6.45. The van der Waals surface area contributed by atoms with Gasteiger partial charge in [0.25, 0.3) is 0 Å². The van der Waals surface area contributed by atoms with Crippen molar-refractivity contribution in [2.45, 2.75) is 39.9 Å². The minimum Gasteiger partial charge on any atom is -0.201 e. The first-order chi connectivity index (χ1) is 26.6. The Morgan fingerprint density at radius 1 is 0.444 bits per heavy atom. The number of hydrogen-bond donors (Lipinski definition) is 0. The average molecular weight is 703 g/mol. The number of nitrogens with zero attached hydrogens (tertiary/aromatic N) is 3. The monoisotopic (exact) mass is 702 g/mol. The van der Waals surface area contributed by atoms with Gasteiger partial charge < -0.3 is 0 Å². The SMILES string of the molecule is C=C/C=C(\C=C/C)c1ccc(-c2cc[n+](Cc3ccc(C[n+]4ccc(-c5ccc(-c6cc[n+](Cc7ccc(CC)cc7)cc6)cc5)cc4)cc3)cc2)cc1. The molecule has 0 radical (unpaired) electrons. The number of allylic oxidation sites excluding steroid dienone is 5. The van der Waals surface area contributed by atoms with Gasteiger partial charge in [-0.15, -0.1) is 0 Å². The van der Waals surface area contributed by atoms with E-state index in [-0.39, 0.29) is 0 Å². The van der Waals surface area contributed by atoms with Gasteiger partial charge >= 0.3 is 0 Å². The van der Waals surface area contributed by atoms with E-state index in [1.807, 2.05) is 19.1 Å². The van der Waals surface area contributed by atoms with Crippen LogP contribution in [0.5, 0.6) is 0 Å². The summed E-state index contributed by atoms with van der Waals surface area (Å²) in [7, 11) is 0. The van der Waals surface area contributed by atoms with Gasteiger partial charge in [-0.25, -0.2) is 13.7 Å². The second-order valence-electron chi connectivity index (χ2n) is 13.8. The predicted molar refractivity (Wildman–Crippen MR) is 222 cm³/mol. The normalized spacial score (nSPS) is 11.6. The minimum atomic E-state index is 0.831. The van der Waals surface area contributed by atoms with Crippen LogP contribution in [0.3, 0.4) is 0 Å². The molecule has 0 saturated heterocycles. The predicted octanol–water partition coefficient (Wildman–Crippen LogP) is 10.4. The van der Waals surface area contributed by atoms with Gasteiger partial charge in [0.15, 0.2) is 56.8 Å². The standard InChI is InChI=1S/C51H48N3/c1-4-7-44(8-5-2)45-17-19-46(20-18-45)49-27-33-53(34-28-49)38-42-13-15-43(16-14-42)39-54-35-29-51(30-36-54)48-23-21-47(22-24-48)50-25-31-52(32-26-50)37-41-11-9-40(6-3)10-12-41/h4-5,7-36H,1,6,37-39H2,2-3H3/q+3/b8-5-,44-7+. The molecule has 0 fully saturated rings. The van der Waals surface area contributed by atoms with Gasteiger partial charge in [-0.05, 0) is 63.4 Å². The van der Waals surface area contributed by atoms with E-state index in [0.717, 1.165) is 31.6 Å². The summed E-state index contributed by atoms with van der Waals surface area (Å²) in [5.41, 5.74) is 14.9. The molecule has 0 aliphatic heterocycles. The highest BCUT2D eigenvalue weighted by Gasteiger charge is 2.10. The minimum absolute atomic E-state index is 0.831. The van der Waals surface area contributed by atoms with Crippen molar-refractivity contribution in [3.05, 3.63) is 229 Å². The maximum Gasteiger partial charge on any atom is 0.173 e. The number of aromatic nitrogens is 3. The van der Waals surface area contributed by atoms with Gasteiger partial charge in [-0.2, -0.15) is 0 Å². The van der Waals surface area contributed by atoms with Crippen molar-refractivity contribution >= 4 is 5.57 Å². The lowest BCUT2D eigenvalue weighted by atomic mass is 10.0. The Bertz CT molecular complexity index is 2330. The molecule has 0 aliphatic rings. The lowest BCUT2D eigenvalue weighted by Gasteiger charge is -2.06. The number of aryl methyl sites for hydroxylation is 1. The number of pyridine rings is 3. The number of benzene rings is 4. The molecule has 54 heavy (non-hydrogen) atoms. The molecular formula is C51H48N3+3. The van der Waals surface area contributed by atoms with Crippen LogP contribution in [0.4, 0.5) is 0 Å². The van der Waals surface area contributed by atoms with Crippen LogP contribution < -0.4 is 13.7 Å². The molecule has 0 atom stereocenters. The van der Waals surface area contributed by atoms with Crippen molar-refractivity contribution in [1.29, 1.82) is 0 Å². The van der Waals surface area contributed by atoms with Crippen LogP contribution in [-0.4, -0.2) is 0 Å². The van der Waals surface area contributed by atoms with Crippen molar-refractivity contribution in [2.24, 2.45) is 0 Å². The molecule has 4 aromatic carbocycles. The summed E-state index contributed by atoms with van der Waals surface area (Å²) in [5.74, 6) is 0. The van der Waals surface area contributed by atoms with E-state index in [1.165, 1.54) is 61.2 Å². The molecule has 3 heteroatoms. The van der Waals surface area contributed by atoms with Crippen LogP contribution in [0, 0.1) is 0 Å². The average Bonchev–Trinajstić information content (AvgIpc) is 3.23. The molecule has 0 N–H and O–H groups in total. The molecular weight excluding hydrogens is 655 g/mol. The summed E-state index contributed by atoms with van der Waals surface area (Å²) in [5, 5.41) is 0. The van der Waals surface area contributed by atoms with Crippen LogP contribution in [-0.2, 0) is 26.1 Å². The smallest absolute Gasteiger partial charge is 0.173 e. The zero-order chi connectivity index (χ0) is 37.1. The van der Waals surface area contributed by atoms with Crippen molar-refractivity contribution in [3.8, 4) is 33.4 Å². The molecule has 0 saturated carbocycles. The Labute approximate surface area is 320 Å². The number of hydrogen-bond acceptors (Lipinski definition) is 0. The van der Waals surface area contributed by atoms with Gasteiger partial charge in [-0.1, -0.05) is 135 Å². The summed E-state index contributed by atoms with van der Waals surface area (Å²) in [6.07, 6.45) is 22.1. The summed E-state index contributed by atoms with van der Waals surface area (Å²) in [6, 6.07) is 48.7. The van der Waals surface area contributed by atoms with Crippen LogP contribution in [0.2, 0.25) is 0 Å². The van der Waals surface area contributed by atoms with E-state index < -0.39 is 0 Å². The summed E-state index contributed by atoms with van der Waals surface area (Å²) in [4.78, 5) is 0. The van der Waals surface area contributed by atoms with E-state index in [4.69, 9.17) is 0 Å². The lowest BCUT2D eigenvalue weighted by Crippen LogP contribution is -2.33. The van der Waals surface area contributed by atoms with Crippen molar-refractivity contribution in [1.82, 2.24) is 0 Å². The van der Waals surface area contributed by atoms with E-state index in [9.17, 15) is 0 Å². The fraction of sp³-hybridized carbons (Fsp3) is 0.118. The number of rotatable bonds is 13. The summed E-state index contributed by atoms with van der Waals surface area (Å²) < 4.78 is 6.70. The fourth-order valence-corrected chi connectivity index (χ4v) is 6.79. The van der Waals surface area contributed by atoms with Crippen LogP contribution in [0.25, 0.3) is 39.0 Å². The molecule has 0 unspecified atom stereocenters. The largest absolute Gasteiger partial charge is 0.201 e. The third kappa shape index (κ3) is 9.12. The Morgan fingerprint density at radius 3 is 1.07 bits per heavy atom. The maximum atomic E-state index is 3.85. The quantitative estimate of drug-likeness (QED) is 0.0838. The van der Waals surface area contributed by atoms with Crippen molar-refractivity contribution in [3.63, 3.8) is 0 Å². The molecule has 0 amide bonds. The maximum absolute atomic E-state index is 3.85. The Morgan fingerprint density at radius 2 is 0.759 bits per heavy atom. The second-order valence-corrected chi connectivity index (χ2v) is 13.8. The molecule has 0 bridgehead atoms. The molecule has 0 spiro atoms. The molecule has 7 rings (SSSR count). The van der Waals surface area contributed by atoms with E-state index in [0.29, 0.717) is 0 Å². The Kier molecular flexibility index (Phi) is 11.6. The first-order valence-corrected chi connectivity index (χ1v) is 18.9. The molecule has 3 nitrogen and oxygen atoms in total. The second kappa shape index (κ2) is 17.4. The van der Waals surface area contributed by atoms with E-state index in [1.54, 1.807) is 0 Å². The third-order valence-electron chi connectivity index (χ3n) is 9.97.